The Bertz CT molecular complexity index is 2550. The number of aryl methyl sites for hydroxylation is 1. The highest BCUT2D eigenvalue weighted by Gasteiger charge is 2.52. The number of nitrogen functional groups attached to an aromatic ring is 1. The van der Waals surface area contributed by atoms with E-state index in [1.54, 1.807) is 0 Å². The van der Waals surface area contributed by atoms with Crippen molar-refractivity contribution in [3.63, 3.8) is 0 Å². The molecule has 8 aromatic rings. The maximum absolute atomic E-state index is 5.64. The van der Waals surface area contributed by atoms with Gasteiger partial charge in [0.2, 0.25) is 0 Å². The highest BCUT2D eigenvalue weighted by atomic mass is 14.9. The predicted octanol–water partition coefficient (Wildman–Crippen LogP) is 12.0. The van der Waals surface area contributed by atoms with Gasteiger partial charge in [-0.15, -0.1) is 0 Å². The summed E-state index contributed by atoms with van der Waals surface area (Å²) >= 11 is 0. The Morgan fingerprint density at radius 1 is 0.500 bits per heavy atom. The van der Waals surface area contributed by atoms with Gasteiger partial charge in [0.15, 0.2) is 0 Å². The van der Waals surface area contributed by atoms with Crippen LogP contribution >= 0.6 is 0 Å². The first-order valence-electron chi connectivity index (χ1n) is 17.5. The zero-order valence-corrected chi connectivity index (χ0v) is 28.4. The van der Waals surface area contributed by atoms with Gasteiger partial charge >= 0.3 is 0 Å². The van der Waals surface area contributed by atoms with Crippen LogP contribution in [0.4, 0.5) is 11.4 Å². The van der Waals surface area contributed by atoms with E-state index in [1.165, 1.54) is 82.7 Å². The first kappa shape index (κ1) is 30.0. The van der Waals surface area contributed by atoms with Gasteiger partial charge in [-0.2, -0.15) is 0 Å². The second-order valence-electron chi connectivity index (χ2n) is 13.4. The SMILES string of the molecule is CCNc1ccccc1N.Cc1cccc(-c2cc3c(c4ccccc24)-c2c(ccc4ccccc24)C32c3ccccc3-c3ccccc32)c1. The number of hydrogen-bond donors (Lipinski definition) is 2. The first-order chi connectivity index (χ1) is 24.6. The summed E-state index contributed by atoms with van der Waals surface area (Å²) < 4.78 is 0. The van der Waals surface area contributed by atoms with E-state index in [9.17, 15) is 0 Å². The van der Waals surface area contributed by atoms with Crippen molar-refractivity contribution in [3.05, 3.63) is 192 Å². The van der Waals surface area contributed by atoms with E-state index in [2.05, 4.69) is 152 Å². The number of nitrogens with two attached hydrogens (primary N) is 1. The van der Waals surface area contributed by atoms with Gasteiger partial charge in [-0.25, -0.2) is 0 Å². The lowest BCUT2D eigenvalue weighted by atomic mass is 9.70. The van der Waals surface area contributed by atoms with Crippen LogP contribution in [-0.2, 0) is 5.41 Å². The van der Waals surface area contributed by atoms with Crippen LogP contribution in [0.25, 0.3) is 54.9 Å². The lowest BCUT2D eigenvalue weighted by Gasteiger charge is -2.31. The number of fused-ring (bicyclic) bond motifs is 14. The molecule has 0 aromatic heterocycles. The maximum Gasteiger partial charge on any atom is 0.0726 e. The third-order valence-electron chi connectivity index (χ3n) is 10.6. The Morgan fingerprint density at radius 2 is 1.12 bits per heavy atom. The minimum Gasteiger partial charge on any atom is -0.397 e. The van der Waals surface area contributed by atoms with E-state index in [1.807, 2.05) is 31.2 Å². The normalized spacial score (nSPS) is 12.9. The highest BCUT2D eigenvalue weighted by Crippen LogP contribution is 2.65. The molecule has 0 amide bonds. The molecule has 8 aromatic carbocycles. The van der Waals surface area contributed by atoms with Gasteiger partial charge in [0.05, 0.1) is 16.8 Å². The largest absolute Gasteiger partial charge is 0.397 e. The van der Waals surface area contributed by atoms with E-state index < -0.39 is 0 Å². The van der Waals surface area contributed by atoms with Gasteiger partial charge in [-0.3, -0.25) is 0 Å². The molecule has 2 aliphatic rings. The molecule has 0 fully saturated rings. The number of nitrogens with one attached hydrogen (secondary N) is 1. The Labute approximate surface area is 293 Å². The molecule has 0 saturated heterocycles. The van der Waals surface area contributed by atoms with Crippen molar-refractivity contribution >= 4 is 32.9 Å². The molecule has 3 N–H and O–H groups in total. The van der Waals surface area contributed by atoms with Crippen LogP contribution < -0.4 is 11.1 Å². The molecule has 0 radical (unpaired) electrons. The van der Waals surface area contributed by atoms with Crippen molar-refractivity contribution in [2.45, 2.75) is 19.3 Å². The monoisotopic (exact) mass is 642 g/mol. The van der Waals surface area contributed by atoms with Gasteiger partial charge in [-0.05, 0) is 109 Å². The van der Waals surface area contributed by atoms with Gasteiger partial charge in [0.1, 0.15) is 0 Å². The molecule has 2 nitrogen and oxygen atoms in total. The lowest BCUT2D eigenvalue weighted by molar-refractivity contribution is 0.795. The molecule has 0 unspecified atom stereocenters. The quantitative estimate of drug-likeness (QED) is 0.188. The lowest BCUT2D eigenvalue weighted by Crippen LogP contribution is -2.26. The van der Waals surface area contributed by atoms with Crippen molar-refractivity contribution in [2.24, 2.45) is 0 Å². The maximum atomic E-state index is 5.64. The molecule has 240 valence electrons. The third-order valence-corrected chi connectivity index (χ3v) is 10.6. The van der Waals surface area contributed by atoms with E-state index in [-0.39, 0.29) is 5.41 Å². The zero-order valence-electron chi connectivity index (χ0n) is 28.4. The van der Waals surface area contributed by atoms with Gasteiger partial charge in [0, 0.05) is 6.54 Å². The minimum atomic E-state index is -0.371. The zero-order chi connectivity index (χ0) is 33.8. The van der Waals surface area contributed by atoms with E-state index in [0.29, 0.717) is 0 Å². The van der Waals surface area contributed by atoms with E-state index in [4.69, 9.17) is 5.73 Å². The molecule has 1 spiro atoms. The Morgan fingerprint density at radius 3 is 1.84 bits per heavy atom. The average Bonchev–Trinajstić information content (AvgIpc) is 3.63. The molecule has 0 bridgehead atoms. The van der Waals surface area contributed by atoms with Crippen molar-refractivity contribution in [1.82, 2.24) is 0 Å². The van der Waals surface area contributed by atoms with Gasteiger partial charge in [0.25, 0.3) is 0 Å². The minimum absolute atomic E-state index is 0.371. The molecule has 50 heavy (non-hydrogen) atoms. The number of benzene rings is 8. The molecule has 10 rings (SSSR count). The molecular weight excluding hydrogens is 605 g/mol. The number of hydrogen-bond acceptors (Lipinski definition) is 2. The van der Waals surface area contributed by atoms with Crippen molar-refractivity contribution < 1.29 is 0 Å². The summed E-state index contributed by atoms with van der Waals surface area (Å²) in [6.07, 6.45) is 0. The summed E-state index contributed by atoms with van der Waals surface area (Å²) in [6, 6.07) is 60.1. The predicted molar refractivity (Wildman–Crippen MR) is 213 cm³/mol. The Hall–Kier alpha value is -6.12. The summed E-state index contributed by atoms with van der Waals surface area (Å²) in [5.74, 6) is 0. The molecule has 0 aliphatic heterocycles. The third kappa shape index (κ3) is 4.35. The first-order valence-corrected chi connectivity index (χ1v) is 17.5. The van der Waals surface area contributed by atoms with E-state index in [0.717, 1.165) is 17.9 Å². The standard InChI is InChI=1S/C40H26.C8H12N2/c1-25-11-10-13-27(23-25)33-24-37-39(32-18-5-4-15-29(32)33)38-28-14-3-2-12-26(28)21-22-36(38)40(37)34-19-8-6-16-30(34)31-17-7-9-20-35(31)40;1-2-10-8-6-4-3-5-7(8)9/h2-24H,1H3;3-6,10H,2,9H2,1H3. The Balaban J connectivity index is 0.000000293. The fraction of sp³-hybridized carbons (Fsp3) is 0.0833. The molecule has 2 aliphatic carbocycles. The summed E-state index contributed by atoms with van der Waals surface area (Å²) in [4.78, 5) is 0. The molecule has 2 heteroatoms. The van der Waals surface area contributed by atoms with Gasteiger partial charge in [-0.1, -0.05) is 151 Å². The second-order valence-corrected chi connectivity index (χ2v) is 13.4. The topological polar surface area (TPSA) is 38.0 Å². The summed E-state index contributed by atoms with van der Waals surface area (Å²) in [6.45, 7) is 5.15. The fourth-order valence-corrected chi connectivity index (χ4v) is 8.65. The fourth-order valence-electron chi connectivity index (χ4n) is 8.65. The number of rotatable bonds is 3. The van der Waals surface area contributed by atoms with Crippen LogP contribution in [0.3, 0.4) is 0 Å². The number of anilines is 2. The summed E-state index contributed by atoms with van der Waals surface area (Å²) in [5.41, 5.74) is 22.0. The van der Waals surface area contributed by atoms with Crippen LogP contribution in [0.15, 0.2) is 164 Å². The van der Waals surface area contributed by atoms with Crippen LogP contribution in [0.5, 0.6) is 0 Å². The molecule has 0 saturated carbocycles. The molecule has 0 heterocycles. The Kier molecular flexibility index (Phi) is 7.07. The molecular formula is C48H38N2. The summed E-state index contributed by atoms with van der Waals surface area (Å²) in [7, 11) is 0. The van der Waals surface area contributed by atoms with E-state index >= 15 is 0 Å². The highest BCUT2D eigenvalue weighted by molar-refractivity contribution is 6.16. The summed E-state index contributed by atoms with van der Waals surface area (Å²) in [5, 5.41) is 8.40. The van der Waals surface area contributed by atoms with Gasteiger partial charge < -0.3 is 11.1 Å². The second kappa shape index (κ2) is 11.8. The van der Waals surface area contributed by atoms with Crippen LogP contribution in [0, 0.1) is 6.92 Å². The van der Waals surface area contributed by atoms with Crippen molar-refractivity contribution in [2.75, 3.05) is 17.6 Å². The van der Waals surface area contributed by atoms with Crippen LogP contribution in [0.2, 0.25) is 0 Å². The van der Waals surface area contributed by atoms with Crippen molar-refractivity contribution in [1.29, 1.82) is 0 Å². The number of para-hydroxylation sites is 2. The van der Waals surface area contributed by atoms with Crippen molar-refractivity contribution in [3.8, 4) is 33.4 Å². The molecule has 0 atom stereocenters. The average molecular weight is 643 g/mol. The smallest absolute Gasteiger partial charge is 0.0726 e. The van der Waals surface area contributed by atoms with Crippen LogP contribution in [-0.4, -0.2) is 6.54 Å². The van der Waals surface area contributed by atoms with Crippen LogP contribution in [0.1, 0.15) is 34.7 Å².